The molecular formula is C23H34O6. The second-order valence-corrected chi connectivity index (χ2v) is 8.92. The minimum atomic E-state index is -0.774. The zero-order valence-electron chi connectivity index (χ0n) is 17.6. The fourth-order valence-corrected chi connectivity index (χ4v) is 3.71. The molecule has 29 heavy (non-hydrogen) atoms. The Labute approximate surface area is 172 Å². The minimum absolute atomic E-state index is 0.111. The average molecular weight is 407 g/mol. The number of hydrogen-bond acceptors (Lipinski definition) is 5. The van der Waals surface area contributed by atoms with Gasteiger partial charge in [0.1, 0.15) is 17.1 Å². The highest BCUT2D eigenvalue weighted by molar-refractivity contribution is 5.73. The molecule has 2 rings (SSSR count). The fourth-order valence-electron chi connectivity index (χ4n) is 3.71. The number of carbonyl (C=O) groups excluding carboxylic acids is 1. The number of phenols is 2. The van der Waals surface area contributed by atoms with E-state index in [0.717, 1.165) is 56.9 Å². The Hall–Kier alpha value is -2.24. The number of unbranched alkanes of at least 4 members (excludes halogenated alkanes) is 3. The van der Waals surface area contributed by atoms with Gasteiger partial charge in [-0.3, -0.25) is 9.59 Å². The normalized spacial score (nSPS) is 15.1. The summed E-state index contributed by atoms with van der Waals surface area (Å²) in [7, 11) is 0. The van der Waals surface area contributed by atoms with Crippen LogP contribution in [0, 0.1) is 5.41 Å². The molecule has 1 aromatic carbocycles. The Morgan fingerprint density at radius 2 is 1.79 bits per heavy atom. The quantitative estimate of drug-likeness (QED) is 0.305. The first-order chi connectivity index (χ1) is 13.7. The van der Waals surface area contributed by atoms with Crippen LogP contribution in [0.5, 0.6) is 11.5 Å². The molecule has 0 aromatic heterocycles. The predicted molar refractivity (Wildman–Crippen MR) is 110 cm³/mol. The number of ether oxygens (including phenoxy) is 1. The van der Waals surface area contributed by atoms with Crippen molar-refractivity contribution in [2.24, 2.45) is 5.41 Å². The molecule has 0 bridgehead atoms. The first-order valence-corrected chi connectivity index (χ1v) is 10.6. The van der Waals surface area contributed by atoms with E-state index in [2.05, 4.69) is 0 Å². The fraction of sp³-hybridized carbons (Fsp3) is 0.652. The van der Waals surface area contributed by atoms with E-state index in [1.807, 2.05) is 0 Å². The van der Waals surface area contributed by atoms with Gasteiger partial charge in [-0.15, -0.1) is 0 Å². The van der Waals surface area contributed by atoms with Gasteiger partial charge in [0.05, 0.1) is 5.41 Å². The van der Waals surface area contributed by atoms with Gasteiger partial charge in [-0.2, -0.15) is 0 Å². The second kappa shape index (κ2) is 9.99. The summed E-state index contributed by atoms with van der Waals surface area (Å²) in [5, 5.41) is 29.9. The Balaban J connectivity index is 1.78. The summed E-state index contributed by atoms with van der Waals surface area (Å²) in [4.78, 5) is 21.7. The minimum Gasteiger partial charge on any atom is -0.508 e. The number of hydrogen-bond donors (Lipinski definition) is 3. The van der Waals surface area contributed by atoms with E-state index in [1.165, 1.54) is 0 Å². The predicted octanol–water partition coefficient (Wildman–Crippen LogP) is 4.73. The smallest absolute Gasteiger partial charge is 0.309 e. The summed E-state index contributed by atoms with van der Waals surface area (Å²) < 4.78 is 5.15. The van der Waals surface area contributed by atoms with Crippen LogP contribution in [0.15, 0.2) is 12.1 Å². The summed E-state index contributed by atoms with van der Waals surface area (Å²) in [5.74, 6) is -0.496. The molecule has 0 aliphatic heterocycles. The Kier molecular flexibility index (Phi) is 7.94. The van der Waals surface area contributed by atoms with E-state index in [0.29, 0.717) is 31.3 Å². The lowest BCUT2D eigenvalue weighted by Gasteiger charge is -2.18. The summed E-state index contributed by atoms with van der Waals surface area (Å²) in [6.45, 7) is 4.00. The number of benzene rings is 1. The van der Waals surface area contributed by atoms with Crippen LogP contribution in [0.3, 0.4) is 0 Å². The number of carboxylic acid groups (broad SMARTS) is 1. The van der Waals surface area contributed by atoms with E-state index in [-0.39, 0.29) is 17.1 Å². The molecule has 0 saturated heterocycles. The SMILES string of the molecule is CC(C)(CCCCCc1ccc(O)c(CCCCC2(OC=O)CC2)c1O)C(=O)O. The van der Waals surface area contributed by atoms with Crippen LogP contribution in [0.25, 0.3) is 0 Å². The molecule has 0 heterocycles. The third kappa shape index (κ3) is 6.65. The summed E-state index contributed by atoms with van der Waals surface area (Å²) in [5.41, 5.74) is 0.431. The Bertz CT molecular complexity index is 706. The first-order valence-electron chi connectivity index (χ1n) is 10.6. The van der Waals surface area contributed by atoms with Gasteiger partial charge < -0.3 is 20.1 Å². The molecule has 3 N–H and O–H groups in total. The van der Waals surface area contributed by atoms with Crippen LogP contribution in [0.4, 0.5) is 0 Å². The molecule has 162 valence electrons. The number of carboxylic acids is 1. The largest absolute Gasteiger partial charge is 0.508 e. The number of rotatable bonds is 14. The van der Waals surface area contributed by atoms with Gasteiger partial charge in [0.15, 0.2) is 0 Å². The summed E-state index contributed by atoms with van der Waals surface area (Å²) in [6, 6.07) is 3.39. The maximum Gasteiger partial charge on any atom is 0.309 e. The van der Waals surface area contributed by atoms with Crippen molar-refractivity contribution in [3.63, 3.8) is 0 Å². The molecule has 1 saturated carbocycles. The van der Waals surface area contributed by atoms with E-state index < -0.39 is 11.4 Å². The molecule has 0 radical (unpaired) electrons. The van der Waals surface area contributed by atoms with E-state index in [1.54, 1.807) is 26.0 Å². The van der Waals surface area contributed by atoms with Crippen LogP contribution in [-0.4, -0.2) is 33.4 Å². The standard InChI is InChI=1S/C23H34O6/c1-22(2,21(27)28)12-6-3-4-8-17-10-11-19(25)18(20(17)26)9-5-7-13-23(14-15-23)29-16-24/h10-11,16,25-26H,3-9,12-15H2,1-2H3,(H,27,28). The van der Waals surface area contributed by atoms with Crippen LogP contribution < -0.4 is 0 Å². The van der Waals surface area contributed by atoms with Gasteiger partial charge in [-0.25, -0.2) is 0 Å². The summed E-state index contributed by atoms with van der Waals surface area (Å²) >= 11 is 0. The molecular weight excluding hydrogens is 372 g/mol. The number of aromatic hydroxyl groups is 2. The monoisotopic (exact) mass is 406 g/mol. The van der Waals surface area contributed by atoms with Crippen molar-refractivity contribution >= 4 is 12.4 Å². The lowest BCUT2D eigenvalue weighted by Crippen LogP contribution is -2.23. The van der Waals surface area contributed by atoms with Crippen molar-refractivity contribution in [1.82, 2.24) is 0 Å². The topological polar surface area (TPSA) is 104 Å². The summed E-state index contributed by atoms with van der Waals surface area (Å²) in [6.07, 6.45) is 8.82. The van der Waals surface area contributed by atoms with Crippen LogP contribution in [-0.2, 0) is 27.2 Å². The van der Waals surface area contributed by atoms with E-state index >= 15 is 0 Å². The van der Waals surface area contributed by atoms with Gasteiger partial charge in [0, 0.05) is 5.56 Å². The maximum absolute atomic E-state index is 11.1. The molecule has 0 spiro atoms. The molecule has 1 aromatic rings. The van der Waals surface area contributed by atoms with Crippen molar-refractivity contribution in [2.75, 3.05) is 0 Å². The lowest BCUT2D eigenvalue weighted by atomic mass is 9.87. The zero-order valence-corrected chi connectivity index (χ0v) is 17.6. The Morgan fingerprint density at radius 1 is 1.10 bits per heavy atom. The third-order valence-electron chi connectivity index (χ3n) is 6.08. The highest BCUT2D eigenvalue weighted by Gasteiger charge is 2.44. The first kappa shape index (κ1) is 23.0. The third-order valence-corrected chi connectivity index (χ3v) is 6.08. The molecule has 6 heteroatoms. The van der Waals surface area contributed by atoms with Gasteiger partial charge >= 0.3 is 5.97 Å². The Morgan fingerprint density at radius 3 is 2.41 bits per heavy atom. The van der Waals surface area contributed by atoms with Crippen molar-refractivity contribution in [3.8, 4) is 11.5 Å². The van der Waals surface area contributed by atoms with Crippen molar-refractivity contribution < 1.29 is 29.6 Å². The molecule has 0 atom stereocenters. The van der Waals surface area contributed by atoms with Crippen LogP contribution in [0.2, 0.25) is 0 Å². The molecule has 0 unspecified atom stereocenters. The van der Waals surface area contributed by atoms with Crippen molar-refractivity contribution in [2.45, 2.75) is 90.1 Å². The molecule has 1 aliphatic carbocycles. The molecule has 1 aliphatic rings. The van der Waals surface area contributed by atoms with Crippen molar-refractivity contribution in [1.29, 1.82) is 0 Å². The second-order valence-electron chi connectivity index (χ2n) is 8.92. The molecule has 1 fully saturated rings. The van der Waals surface area contributed by atoms with Gasteiger partial charge in [0.2, 0.25) is 0 Å². The van der Waals surface area contributed by atoms with E-state index in [4.69, 9.17) is 9.84 Å². The average Bonchev–Trinajstić information content (AvgIpc) is 3.42. The van der Waals surface area contributed by atoms with Gasteiger partial charge in [-0.05, 0) is 83.3 Å². The van der Waals surface area contributed by atoms with Crippen molar-refractivity contribution in [3.05, 3.63) is 23.3 Å². The highest BCUT2D eigenvalue weighted by Crippen LogP contribution is 2.43. The van der Waals surface area contributed by atoms with E-state index in [9.17, 15) is 19.8 Å². The number of carbonyl (C=O) groups is 2. The van der Waals surface area contributed by atoms with Crippen LogP contribution in [0.1, 0.15) is 82.8 Å². The number of phenolic OH excluding ortho intramolecular Hbond substituents is 2. The number of aliphatic carboxylic acids is 1. The lowest BCUT2D eigenvalue weighted by molar-refractivity contribution is -0.147. The van der Waals surface area contributed by atoms with Gasteiger partial charge in [-0.1, -0.05) is 18.9 Å². The highest BCUT2D eigenvalue weighted by atomic mass is 16.5. The van der Waals surface area contributed by atoms with Gasteiger partial charge in [0.25, 0.3) is 6.47 Å². The van der Waals surface area contributed by atoms with Crippen LogP contribution >= 0.6 is 0 Å². The zero-order chi connectivity index (χ0) is 21.5. The molecule has 0 amide bonds. The molecule has 6 nitrogen and oxygen atoms in total. The maximum atomic E-state index is 11.1. The number of aryl methyl sites for hydroxylation is 1.